The summed E-state index contributed by atoms with van der Waals surface area (Å²) in [6.07, 6.45) is 5.26. The van der Waals surface area contributed by atoms with Crippen LogP contribution in [0.1, 0.15) is 11.1 Å². The molecular weight excluding hydrogens is 469 g/mol. The number of ether oxygens (including phenoxy) is 3. The number of hydrogen-bond donors (Lipinski definition) is 2. The molecule has 150 valence electrons. The van der Waals surface area contributed by atoms with Gasteiger partial charge in [-0.2, -0.15) is 0 Å². The molecule has 2 aromatic carbocycles. The fourth-order valence-electron chi connectivity index (χ4n) is 2.50. The molecule has 2 aromatic rings. The van der Waals surface area contributed by atoms with Gasteiger partial charge in [-0.25, -0.2) is 0 Å². The number of guanidine groups is 1. The zero-order valence-corrected chi connectivity index (χ0v) is 18.7. The van der Waals surface area contributed by atoms with Gasteiger partial charge in [0.25, 0.3) is 0 Å². The van der Waals surface area contributed by atoms with Gasteiger partial charge in [0.1, 0.15) is 12.4 Å². The summed E-state index contributed by atoms with van der Waals surface area (Å²) in [7, 11) is 4.99. The van der Waals surface area contributed by atoms with Crippen LogP contribution in [0.3, 0.4) is 0 Å². The molecule has 0 spiro atoms. The van der Waals surface area contributed by atoms with Crippen LogP contribution in [0.5, 0.6) is 17.2 Å². The van der Waals surface area contributed by atoms with Gasteiger partial charge in [0.15, 0.2) is 17.5 Å². The van der Waals surface area contributed by atoms with Gasteiger partial charge in [-0.1, -0.05) is 30.2 Å². The first-order valence-corrected chi connectivity index (χ1v) is 8.51. The van der Waals surface area contributed by atoms with E-state index in [0.29, 0.717) is 30.5 Å². The first kappa shape index (κ1) is 23.4. The van der Waals surface area contributed by atoms with Crippen molar-refractivity contribution in [2.75, 3.05) is 27.9 Å². The summed E-state index contributed by atoms with van der Waals surface area (Å²) < 4.78 is 16.2. The highest BCUT2D eigenvalue weighted by molar-refractivity contribution is 14.0. The van der Waals surface area contributed by atoms with Crippen molar-refractivity contribution < 1.29 is 14.2 Å². The summed E-state index contributed by atoms with van der Waals surface area (Å²) in [6, 6.07) is 13.6. The number of para-hydroxylation sites is 1. The number of nitrogens with zero attached hydrogens (tertiary/aromatic N) is 1. The first-order chi connectivity index (χ1) is 13.2. The number of halogens is 1. The topological polar surface area (TPSA) is 64.1 Å². The van der Waals surface area contributed by atoms with Crippen molar-refractivity contribution in [1.29, 1.82) is 0 Å². The highest BCUT2D eigenvalue weighted by Gasteiger charge is 2.07. The van der Waals surface area contributed by atoms with Crippen LogP contribution < -0.4 is 24.8 Å². The highest BCUT2D eigenvalue weighted by Crippen LogP contribution is 2.28. The number of terminal acetylenes is 1. The SMILES string of the molecule is C#CCOc1cc(CNC(=NC)NCc2ccccc2OC)ccc1OC.I. The Labute approximate surface area is 183 Å². The Morgan fingerprint density at radius 3 is 2.39 bits per heavy atom. The van der Waals surface area contributed by atoms with Gasteiger partial charge in [-0.05, 0) is 23.8 Å². The van der Waals surface area contributed by atoms with Crippen LogP contribution in [-0.4, -0.2) is 33.8 Å². The smallest absolute Gasteiger partial charge is 0.191 e. The fourth-order valence-corrected chi connectivity index (χ4v) is 2.50. The highest BCUT2D eigenvalue weighted by atomic mass is 127. The second-order valence-corrected chi connectivity index (χ2v) is 5.57. The van der Waals surface area contributed by atoms with Crippen LogP contribution in [0.2, 0.25) is 0 Å². The number of hydrogen-bond acceptors (Lipinski definition) is 4. The molecule has 0 amide bonds. The van der Waals surface area contributed by atoms with Crippen molar-refractivity contribution >= 4 is 29.9 Å². The molecule has 0 radical (unpaired) electrons. The summed E-state index contributed by atoms with van der Waals surface area (Å²) >= 11 is 0. The fraction of sp³-hybridized carbons (Fsp3) is 0.286. The Bertz CT molecular complexity index is 819. The van der Waals surface area contributed by atoms with Gasteiger partial charge < -0.3 is 24.8 Å². The second-order valence-electron chi connectivity index (χ2n) is 5.57. The first-order valence-electron chi connectivity index (χ1n) is 8.51. The molecule has 2 N–H and O–H groups in total. The maximum atomic E-state index is 5.53. The van der Waals surface area contributed by atoms with Crippen LogP contribution in [0.25, 0.3) is 0 Å². The van der Waals surface area contributed by atoms with Crippen LogP contribution in [-0.2, 0) is 13.1 Å². The molecule has 0 saturated carbocycles. The van der Waals surface area contributed by atoms with Crippen LogP contribution in [0.4, 0.5) is 0 Å². The third-order valence-corrected chi connectivity index (χ3v) is 3.86. The summed E-state index contributed by atoms with van der Waals surface area (Å²) in [6.45, 7) is 1.36. The van der Waals surface area contributed by atoms with Crippen molar-refractivity contribution in [2.24, 2.45) is 4.99 Å². The van der Waals surface area contributed by atoms with Crippen LogP contribution >= 0.6 is 24.0 Å². The molecule has 0 saturated heterocycles. The largest absolute Gasteiger partial charge is 0.496 e. The van der Waals surface area contributed by atoms with E-state index in [-0.39, 0.29) is 30.6 Å². The van der Waals surface area contributed by atoms with E-state index in [1.165, 1.54) is 0 Å². The third kappa shape index (κ3) is 6.85. The Kier molecular flexibility index (Phi) is 10.7. The van der Waals surface area contributed by atoms with Crippen molar-refractivity contribution in [3.63, 3.8) is 0 Å². The molecule has 0 bridgehead atoms. The van der Waals surface area contributed by atoms with E-state index in [0.717, 1.165) is 16.9 Å². The van der Waals surface area contributed by atoms with Crippen molar-refractivity contribution in [3.8, 4) is 29.6 Å². The molecule has 0 fully saturated rings. The predicted octanol–water partition coefficient (Wildman–Crippen LogP) is 3.20. The molecule has 0 aliphatic rings. The maximum Gasteiger partial charge on any atom is 0.191 e. The normalized spacial score (nSPS) is 10.3. The number of methoxy groups -OCH3 is 2. The average molecular weight is 495 g/mol. The summed E-state index contributed by atoms with van der Waals surface area (Å²) in [5, 5.41) is 6.55. The molecular formula is C21H26IN3O3. The van der Waals surface area contributed by atoms with Gasteiger partial charge in [0.2, 0.25) is 0 Å². The van der Waals surface area contributed by atoms with E-state index >= 15 is 0 Å². The Morgan fingerprint density at radius 1 is 1.00 bits per heavy atom. The second kappa shape index (κ2) is 12.7. The molecule has 2 rings (SSSR count). The van der Waals surface area contributed by atoms with Crippen molar-refractivity contribution in [3.05, 3.63) is 53.6 Å². The third-order valence-electron chi connectivity index (χ3n) is 3.86. The lowest BCUT2D eigenvalue weighted by Crippen LogP contribution is -2.36. The van der Waals surface area contributed by atoms with E-state index in [1.54, 1.807) is 21.3 Å². The Morgan fingerprint density at radius 2 is 1.71 bits per heavy atom. The minimum atomic E-state index is 0. The van der Waals surface area contributed by atoms with Gasteiger partial charge in [0, 0.05) is 25.7 Å². The quantitative estimate of drug-likeness (QED) is 0.255. The lowest BCUT2D eigenvalue weighted by molar-refractivity contribution is 0.330. The van der Waals surface area contributed by atoms with Gasteiger partial charge in [-0.3, -0.25) is 4.99 Å². The summed E-state index contributed by atoms with van der Waals surface area (Å²) in [4.78, 5) is 4.25. The molecule has 7 heteroatoms. The monoisotopic (exact) mass is 495 g/mol. The zero-order valence-electron chi connectivity index (χ0n) is 16.3. The van der Waals surface area contributed by atoms with Crippen LogP contribution in [0, 0.1) is 12.3 Å². The minimum Gasteiger partial charge on any atom is -0.496 e. The van der Waals surface area contributed by atoms with Crippen molar-refractivity contribution in [1.82, 2.24) is 10.6 Å². The minimum absolute atomic E-state index is 0. The standard InChI is InChI=1S/C21H25N3O3.HI/c1-5-12-27-20-13-16(10-11-19(20)26-4)14-23-21(22-2)24-15-17-8-6-7-9-18(17)25-3;/h1,6-11,13H,12,14-15H2,2-4H3,(H2,22,23,24);1H. The molecule has 0 unspecified atom stereocenters. The predicted molar refractivity (Wildman–Crippen MR) is 123 cm³/mol. The van der Waals surface area contributed by atoms with E-state index < -0.39 is 0 Å². The van der Waals surface area contributed by atoms with Gasteiger partial charge in [-0.15, -0.1) is 30.4 Å². The number of rotatable bonds is 8. The Balaban J connectivity index is 0.00000392. The van der Waals surface area contributed by atoms with Crippen LogP contribution in [0.15, 0.2) is 47.5 Å². The van der Waals surface area contributed by atoms with E-state index in [2.05, 4.69) is 21.5 Å². The van der Waals surface area contributed by atoms with E-state index in [1.807, 2.05) is 42.5 Å². The lowest BCUT2D eigenvalue weighted by Gasteiger charge is -2.15. The number of nitrogens with one attached hydrogen (secondary N) is 2. The number of benzene rings is 2. The molecule has 0 aliphatic carbocycles. The Hall–Kier alpha value is -2.60. The van der Waals surface area contributed by atoms with Gasteiger partial charge >= 0.3 is 0 Å². The average Bonchev–Trinajstić information content (AvgIpc) is 2.72. The molecule has 0 aromatic heterocycles. The van der Waals surface area contributed by atoms with Crippen molar-refractivity contribution in [2.45, 2.75) is 13.1 Å². The summed E-state index contributed by atoms with van der Waals surface area (Å²) in [5.41, 5.74) is 2.07. The summed E-state index contributed by atoms with van der Waals surface area (Å²) in [5.74, 6) is 5.24. The number of aliphatic imine (C=N–C) groups is 1. The molecule has 28 heavy (non-hydrogen) atoms. The van der Waals surface area contributed by atoms with E-state index in [4.69, 9.17) is 20.6 Å². The van der Waals surface area contributed by atoms with E-state index in [9.17, 15) is 0 Å². The zero-order chi connectivity index (χ0) is 19.5. The molecule has 0 aliphatic heterocycles. The molecule has 0 atom stereocenters. The maximum absolute atomic E-state index is 5.53. The lowest BCUT2D eigenvalue weighted by atomic mass is 10.2. The van der Waals surface area contributed by atoms with Gasteiger partial charge in [0.05, 0.1) is 14.2 Å². The molecule has 0 heterocycles. The molecule has 6 nitrogen and oxygen atoms in total.